The summed E-state index contributed by atoms with van der Waals surface area (Å²) in [6.07, 6.45) is 6.00. The van der Waals surface area contributed by atoms with Gasteiger partial charge in [0.05, 0.1) is 6.54 Å². The first-order valence-electron chi connectivity index (χ1n) is 8.62. The van der Waals surface area contributed by atoms with Crippen molar-refractivity contribution in [3.8, 4) is 0 Å². The molecule has 0 bridgehead atoms. The van der Waals surface area contributed by atoms with E-state index in [1.807, 2.05) is 12.3 Å². The van der Waals surface area contributed by atoms with Crippen LogP contribution in [-0.2, 0) is 6.54 Å². The zero-order valence-corrected chi connectivity index (χ0v) is 13.7. The van der Waals surface area contributed by atoms with Gasteiger partial charge in [-0.25, -0.2) is 14.6 Å². The smallest absolute Gasteiger partial charge is 0.266 e. The molecule has 2 aromatic rings. The van der Waals surface area contributed by atoms with Crippen LogP contribution in [0.2, 0.25) is 0 Å². The Hall–Kier alpha value is -2.28. The van der Waals surface area contributed by atoms with Crippen molar-refractivity contribution in [1.29, 1.82) is 0 Å². The SMILES string of the molecule is O=c1cccnn1CCN1CCN(c2ccnc(C3CC3)n2)CC1. The minimum absolute atomic E-state index is 0.0373. The van der Waals surface area contributed by atoms with Gasteiger partial charge in [0, 0.05) is 57.1 Å². The number of rotatable bonds is 5. The molecule has 2 aromatic heterocycles. The van der Waals surface area contributed by atoms with E-state index in [-0.39, 0.29) is 5.56 Å². The molecule has 2 fully saturated rings. The second-order valence-electron chi connectivity index (χ2n) is 6.46. The third kappa shape index (κ3) is 3.46. The highest BCUT2D eigenvalue weighted by atomic mass is 16.1. The monoisotopic (exact) mass is 326 g/mol. The summed E-state index contributed by atoms with van der Waals surface area (Å²) in [6.45, 7) is 5.35. The van der Waals surface area contributed by atoms with Gasteiger partial charge in [-0.3, -0.25) is 9.69 Å². The summed E-state index contributed by atoms with van der Waals surface area (Å²) in [6, 6.07) is 5.24. The lowest BCUT2D eigenvalue weighted by molar-refractivity contribution is 0.242. The molecule has 24 heavy (non-hydrogen) atoms. The highest BCUT2D eigenvalue weighted by molar-refractivity contribution is 5.38. The molecule has 4 rings (SSSR count). The Bertz CT molecular complexity index is 748. The molecule has 0 radical (unpaired) electrons. The van der Waals surface area contributed by atoms with Gasteiger partial charge in [0.2, 0.25) is 0 Å². The number of aromatic nitrogens is 4. The molecule has 1 saturated heterocycles. The molecule has 7 heteroatoms. The molecule has 0 aromatic carbocycles. The first kappa shape index (κ1) is 15.3. The maximum atomic E-state index is 11.7. The van der Waals surface area contributed by atoms with Crippen LogP contribution < -0.4 is 10.5 Å². The van der Waals surface area contributed by atoms with Crippen LogP contribution in [-0.4, -0.2) is 57.4 Å². The summed E-state index contributed by atoms with van der Waals surface area (Å²) >= 11 is 0. The Morgan fingerprint density at radius 2 is 1.88 bits per heavy atom. The molecular formula is C17H22N6O. The van der Waals surface area contributed by atoms with E-state index < -0.39 is 0 Å². The lowest BCUT2D eigenvalue weighted by Gasteiger charge is -2.35. The molecule has 1 aliphatic heterocycles. The predicted molar refractivity (Wildman–Crippen MR) is 91.2 cm³/mol. The summed E-state index contributed by atoms with van der Waals surface area (Å²) in [4.78, 5) is 25.5. The molecule has 7 nitrogen and oxygen atoms in total. The van der Waals surface area contributed by atoms with E-state index in [2.05, 4.69) is 19.9 Å². The second kappa shape index (κ2) is 6.68. The second-order valence-corrected chi connectivity index (χ2v) is 6.46. The van der Waals surface area contributed by atoms with Gasteiger partial charge >= 0.3 is 0 Å². The number of hydrogen-bond acceptors (Lipinski definition) is 6. The molecule has 0 amide bonds. The van der Waals surface area contributed by atoms with E-state index in [0.29, 0.717) is 12.5 Å². The summed E-state index contributed by atoms with van der Waals surface area (Å²) in [5, 5.41) is 4.11. The van der Waals surface area contributed by atoms with Crippen molar-refractivity contribution in [2.45, 2.75) is 25.3 Å². The minimum atomic E-state index is -0.0373. The molecule has 1 saturated carbocycles. The average molecular weight is 326 g/mol. The number of anilines is 1. The first-order valence-corrected chi connectivity index (χ1v) is 8.62. The summed E-state index contributed by atoms with van der Waals surface area (Å²) in [5.41, 5.74) is -0.0373. The Morgan fingerprint density at radius 1 is 1.04 bits per heavy atom. The van der Waals surface area contributed by atoms with Crippen molar-refractivity contribution in [1.82, 2.24) is 24.6 Å². The van der Waals surface area contributed by atoms with Gasteiger partial charge in [0.25, 0.3) is 5.56 Å². The van der Waals surface area contributed by atoms with Crippen molar-refractivity contribution in [2.24, 2.45) is 0 Å². The van der Waals surface area contributed by atoms with Gasteiger partial charge in [-0.05, 0) is 25.0 Å². The van der Waals surface area contributed by atoms with Crippen LogP contribution in [0.3, 0.4) is 0 Å². The molecule has 0 unspecified atom stereocenters. The van der Waals surface area contributed by atoms with Gasteiger partial charge in [-0.2, -0.15) is 5.10 Å². The van der Waals surface area contributed by atoms with Crippen LogP contribution in [0.25, 0.3) is 0 Å². The van der Waals surface area contributed by atoms with E-state index in [4.69, 9.17) is 4.98 Å². The molecule has 0 spiro atoms. The number of hydrogen-bond donors (Lipinski definition) is 0. The first-order chi connectivity index (χ1) is 11.8. The largest absolute Gasteiger partial charge is 0.354 e. The fraction of sp³-hybridized carbons (Fsp3) is 0.529. The average Bonchev–Trinajstić information content (AvgIpc) is 3.47. The standard InChI is InChI=1S/C17H22N6O/c24-16-2-1-6-19-23(16)13-10-21-8-11-22(12-9-21)15-5-7-18-17(20-15)14-3-4-14/h1-2,5-7,14H,3-4,8-13H2. The Morgan fingerprint density at radius 3 is 2.62 bits per heavy atom. The molecule has 2 aliphatic rings. The lowest BCUT2D eigenvalue weighted by atomic mass is 10.3. The Balaban J connectivity index is 1.31. The van der Waals surface area contributed by atoms with Crippen molar-refractivity contribution >= 4 is 5.82 Å². The van der Waals surface area contributed by atoms with Crippen LogP contribution in [0.4, 0.5) is 5.82 Å². The van der Waals surface area contributed by atoms with Gasteiger partial charge in [0.1, 0.15) is 11.6 Å². The van der Waals surface area contributed by atoms with E-state index in [0.717, 1.165) is 44.4 Å². The van der Waals surface area contributed by atoms with E-state index in [1.165, 1.54) is 17.5 Å². The number of piperazine rings is 1. The number of nitrogens with zero attached hydrogens (tertiary/aromatic N) is 6. The van der Waals surface area contributed by atoms with Gasteiger partial charge in [-0.15, -0.1) is 0 Å². The van der Waals surface area contributed by atoms with E-state index in [1.54, 1.807) is 18.3 Å². The maximum Gasteiger partial charge on any atom is 0.266 e. The van der Waals surface area contributed by atoms with Crippen molar-refractivity contribution < 1.29 is 0 Å². The van der Waals surface area contributed by atoms with Gasteiger partial charge < -0.3 is 4.90 Å². The molecular weight excluding hydrogens is 304 g/mol. The third-order valence-electron chi connectivity index (χ3n) is 4.71. The third-order valence-corrected chi connectivity index (χ3v) is 4.71. The van der Waals surface area contributed by atoms with Crippen LogP contribution in [0.15, 0.2) is 35.4 Å². The Kier molecular flexibility index (Phi) is 4.25. The van der Waals surface area contributed by atoms with Crippen molar-refractivity contribution in [3.63, 3.8) is 0 Å². The lowest BCUT2D eigenvalue weighted by Crippen LogP contribution is -2.48. The highest BCUT2D eigenvalue weighted by Crippen LogP contribution is 2.38. The molecule has 1 aliphatic carbocycles. The molecule has 0 N–H and O–H groups in total. The van der Waals surface area contributed by atoms with Gasteiger partial charge in [0.15, 0.2) is 0 Å². The normalized spacial score (nSPS) is 18.8. The van der Waals surface area contributed by atoms with Gasteiger partial charge in [-0.1, -0.05) is 0 Å². The summed E-state index contributed by atoms with van der Waals surface area (Å²) in [7, 11) is 0. The summed E-state index contributed by atoms with van der Waals surface area (Å²) in [5.74, 6) is 2.64. The van der Waals surface area contributed by atoms with Crippen molar-refractivity contribution in [2.75, 3.05) is 37.6 Å². The fourth-order valence-corrected chi connectivity index (χ4v) is 3.07. The van der Waals surface area contributed by atoms with Crippen LogP contribution in [0.1, 0.15) is 24.6 Å². The van der Waals surface area contributed by atoms with E-state index in [9.17, 15) is 4.79 Å². The quantitative estimate of drug-likeness (QED) is 0.807. The van der Waals surface area contributed by atoms with Crippen molar-refractivity contribution in [3.05, 3.63) is 46.8 Å². The zero-order chi connectivity index (χ0) is 16.4. The Labute approximate surface area is 140 Å². The highest BCUT2D eigenvalue weighted by Gasteiger charge is 2.27. The molecule has 0 atom stereocenters. The van der Waals surface area contributed by atoms with Crippen LogP contribution >= 0.6 is 0 Å². The zero-order valence-electron chi connectivity index (χ0n) is 13.7. The molecule has 126 valence electrons. The fourth-order valence-electron chi connectivity index (χ4n) is 3.07. The van der Waals surface area contributed by atoms with Crippen LogP contribution in [0, 0.1) is 0 Å². The summed E-state index contributed by atoms with van der Waals surface area (Å²) < 4.78 is 1.53. The predicted octanol–water partition coefficient (Wildman–Crippen LogP) is 0.733. The van der Waals surface area contributed by atoms with E-state index >= 15 is 0 Å². The molecule has 3 heterocycles. The van der Waals surface area contributed by atoms with Crippen LogP contribution in [0.5, 0.6) is 0 Å². The maximum absolute atomic E-state index is 11.7. The topological polar surface area (TPSA) is 67.2 Å². The minimum Gasteiger partial charge on any atom is -0.354 e.